The molecule has 0 radical (unpaired) electrons. The first-order chi connectivity index (χ1) is 12.6. The number of carbonyl (C=O) groups excluding carboxylic acids is 1. The molecule has 1 unspecified atom stereocenters. The number of methoxy groups -OCH3 is 2. The van der Waals surface area contributed by atoms with Gasteiger partial charge >= 0.3 is 18.9 Å². The molecule has 27 heavy (non-hydrogen) atoms. The normalized spacial score (nSPS) is 10.5. The molecule has 0 saturated heterocycles. The summed E-state index contributed by atoms with van der Waals surface area (Å²) < 4.78 is 16.5. The molecule has 0 aliphatic heterocycles. The Labute approximate surface area is 177 Å². The zero-order chi connectivity index (χ0) is 18.9. The van der Waals surface area contributed by atoms with Gasteiger partial charge in [0.1, 0.15) is 22.8 Å². The summed E-state index contributed by atoms with van der Waals surface area (Å²) in [6, 6.07) is 11.3. The maximum absolute atomic E-state index is 12.9. The third kappa shape index (κ3) is 6.58. The molecule has 2 aromatic rings. The van der Waals surface area contributed by atoms with E-state index in [1.807, 2.05) is 31.2 Å². The van der Waals surface area contributed by atoms with Gasteiger partial charge in [0, 0.05) is 0 Å². The standard InChI is InChI=1S/C21H27O4P.Li.H/c1-5-6-7-13-25-16-11-12-19(15(2)14-16)26-21(22)20-17(23-3)9-8-10-18(20)24-4;;/h8-12,14,26H,5-7,13H2,1-4H3;;/q;+1;-1. The molecule has 6 heteroatoms. The summed E-state index contributed by atoms with van der Waals surface area (Å²) in [5, 5.41) is 1.00. The Morgan fingerprint density at radius 1 is 1.07 bits per heavy atom. The summed E-state index contributed by atoms with van der Waals surface area (Å²) >= 11 is 0. The van der Waals surface area contributed by atoms with Gasteiger partial charge in [0.15, 0.2) is 5.52 Å². The maximum Gasteiger partial charge on any atom is 1.00 e. The maximum atomic E-state index is 12.9. The average Bonchev–Trinajstić information content (AvgIpc) is 2.66. The Bertz CT molecular complexity index is 733. The number of hydrogen-bond acceptors (Lipinski definition) is 4. The average molecular weight is 382 g/mol. The van der Waals surface area contributed by atoms with Crippen molar-refractivity contribution in [1.82, 2.24) is 0 Å². The number of aryl methyl sites for hydroxylation is 1. The summed E-state index contributed by atoms with van der Waals surface area (Å²) in [5.74, 6) is 1.93. The van der Waals surface area contributed by atoms with Crippen LogP contribution in [-0.2, 0) is 0 Å². The third-order valence-electron chi connectivity index (χ3n) is 4.12. The second-order valence-corrected chi connectivity index (χ2v) is 7.27. The molecular formula is C21H28LiO4P. The number of rotatable bonds is 10. The number of benzene rings is 2. The number of unbranched alkanes of at least 4 members (excludes halogenated alkanes) is 2. The fourth-order valence-corrected chi connectivity index (χ4v) is 3.72. The summed E-state index contributed by atoms with van der Waals surface area (Å²) in [5.41, 5.74) is 1.55. The van der Waals surface area contributed by atoms with Gasteiger partial charge in [-0.05, 0) is 57.1 Å². The topological polar surface area (TPSA) is 44.8 Å². The molecule has 2 rings (SSSR count). The van der Waals surface area contributed by atoms with Crippen LogP contribution in [0.5, 0.6) is 17.2 Å². The van der Waals surface area contributed by atoms with Crippen LogP contribution in [0, 0.1) is 6.92 Å². The second kappa shape index (κ2) is 12.1. The van der Waals surface area contributed by atoms with E-state index in [9.17, 15) is 4.79 Å². The Morgan fingerprint density at radius 3 is 2.30 bits per heavy atom. The van der Waals surface area contributed by atoms with Crippen LogP contribution in [0.2, 0.25) is 0 Å². The molecule has 0 heterocycles. The van der Waals surface area contributed by atoms with Crippen LogP contribution in [-0.4, -0.2) is 26.4 Å². The van der Waals surface area contributed by atoms with Crippen molar-refractivity contribution in [2.24, 2.45) is 0 Å². The minimum absolute atomic E-state index is 0. The van der Waals surface area contributed by atoms with Gasteiger partial charge in [0.25, 0.3) is 0 Å². The molecule has 0 aliphatic carbocycles. The largest absolute Gasteiger partial charge is 1.00 e. The number of ether oxygens (including phenoxy) is 3. The van der Waals surface area contributed by atoms with Crippen molar-refractivity contribution in [2.45, 2.75) is 33.1 Å². The van der Waals surface area contributed by atoms with E-state index in [4.69, 9.17) is 14.2 Å². The minimum atomic E-state index is -0.00239. The van der Waals surface area contributed by atoms with Crippen molar-refractivity contribution in [3.63, 3.8) is 0 Å². The van der Waals surface area contributed by atoms with E-state index in [1.165, 1.54) is 12.8 Å². The Morgan fingerprint density at radius 2 is 1.74 bits per heavy atom. The van der Waals surface area contributed by atoms with E-state index in [2.05, 4.69) is 6.92 Å². The van der Waals surface area contributed by atoms with Crippen LogP contribution in [0.15, 0.2) is 36.4 Å². The summed E-state index contributed by atoms with van der Waals surface area (Å²) in [4.78, 5) is 12.9. The molecule has 0 N–H and O–H groups in total. The fourth-order valence-electron chi connectivity index (χ4n) is 2.67. The molecule has 0 spiro atoms. The van der Waals surface area contributed by atoms with E-state index in [1.54, 1.807) is 26.4 Å². The predicted octanol–water partition coefficient (Wildman–Crippen LogP) is 1.84. The fraction of sp³-hybridized carbons (Fsp3) is 0.381. The van der Waals surface area contributed by atoms with Crippen LogP contribution < -0.4 is 38.4 Å². The Kier molecular flexibility index (Phi) is 10.6. The van der Waals surface area contributed by atoms with Gasteiger partial charge in [-0.1, -0.05) is 31.9 Å². The summed E-state index contributed by atoms with van der Waals surface area (Å²) in [6.45, 7) is 4.91. The second-order valence-electron chi connectivity index (χ2n) is 6.02. The van der Waals surface area contributed by atoms with E-state index >= 15 is 0 Å². The SMILES string of the molecule is CCCCCOc1ccc(PC(=O)c2c(OC)cccc2OC)c(C)c1.[H-].[Li+]. The van der Waals surface area contributed by atoms with Crippen LogP contribution >= 0.6 is 8.58 Å². The monoisotopic (exact) mass is 382 g/mol. The van der Waals surface area contributed by atoms with Gasteiger partial charge < -0.3 is 15.6 Å². The van der Waals surface area contributed by atoms with Gasteiger partial charge in [-0.2, -0.15) is 0 Å². The third-order valence-corrected chi connectivity index (χ3v) is 5.42. The molecule has 0 saturated carbocycles. The van der Waals surface area contributed by atoms with Gasteiger partial charge in [0.2, 0.25) is 0 Å². The zero-order valence-electron chi connectivity index (χ0n) is 17.9. The Hall–Kier alpha value is -1.46. The zero-order valence-corrected chi connectivity index (χ0v) is 17.9. The van der Waals surface area contributed by atoms with Crippen molar-refractivity contribution >= 4 is 19.4 Å². The molecular weight excluding hydrogens is 354 g/mol. The van der Waals surface area contributed by atoms with E-state index in [-0.39, 0.29) is 34.4 Å². The van der Waals surface area contributed by atoms with Crippen molar-refractivity contribution in [2.75, 3.05) is 20.8 Å². The van der Waals surface area contributed by atoms with Gasteiger partial charge in [-0.25, -0.2) is 0 Å². The quantitative estimate of drug-likeness (QED) is 0.357. The number of carbonyl (C=O) groups is 1. The first-order valence-corrected chi connectivity index (χ1v) is 9.86. The molecule has 0 aliphatic rings. The summed E-state index contributed by atoms with van der Waals surface area (Å²) in [6.07, 6.45) is 3.41. The minimum Gasteiger partial charge on any atom is -1.00 e. The molecule has 0 amide bonds. The summed E-state index contributed by atoms with van der Waals surface area (Å²) in [7, 11) is 3.12. The van der Waals surface area contributed by atoms with Crippen LogP contribution in [0.4, 0.5) is 0 Å². The first-order valence-electron chi connectivity index (χ1n) is 8.86. The van der Waals surface area contributed by atoms with Crippen LogP contribution in [0.1, 0.15) is 43.5 Å². The van der Waals surface area contributed by atoms with Crippen LogP contribution in [0.25, 0.3) is 0 Å². The Balaban J connectivity index is 0.00000364. The van der Waals surface area contributed by atoms with Gasteiger partial charge in [0.05, 0.1) is 20.8 Å². The molecule has 0 aromatic heterocycles. The smallest absolute Gasteiger partial charge is 1.00 e. The van der Waals surface area contributed by atoms with Crippen molar-refractivity contribution in [3.05, 3.63) is 47.5 Å². The molecule has 142 valence electrons. The van der Waals surface area contributed by atoms with E-state index in [0.717, 1.165) is 29.6 Å². The van der Waals surface area contributed by atoms with Gasteiger partial charge in [-0.3, -0.25) is 4.79 Å². The molecule has 0 fully saturated rings. The van der Waals surface area contributed by atoms with E-state index in [0.29, 0.717) is 17.1 Å². The van der Waals surface area contributed by atoms with Gasteiger partial charge in [-0.15, -0.1) is 0 Å². The number of hydrogen-bond donors (Lipinski definition) is 0. The molecule has 0 bridgehead atoms. The van der Waals surface area contributed by atoms with Crippen LogP contribution in [0.3, 0.4) is 0 Å². The first kappa shape index (κ1) is 23.6. The van der Waals surface area contributed by atoms with Crippen molar-refractivity contribution < 1.29 is 39.3 Å². The van der Waals surface area contributed by atoms with Crippen molar-refractivity contribution in [1.29, 1.82) is 0 Å². The molecule has 1 atom stereocenters. The predicted molar refractivity (Wildman–Crippen MR) is 109 cm³/mol. The van der Waals surface area contributed by atoms with Crippen molar-refractivity contribution in [3.8, 4) is 17.2 Å². The van der Waals surface area contributed by atoms with E-state index < -0.39 is 0 Å². The molecule has 2 aromatic carbocycles. The molecule has 4 nitrogen and oxygen atoms in total.